The molecule has 0 radical (unpaired) electrons. The van der Waals surface area contributed by atoms with Crippen LogP contribution >= 0.6 is 0 Å². The Balaban J connectivity index is 2.24. The normalized spacial score (nSPS) is 10.9. The molecular weight excluding hydrogens is 516 g/mol. The van der Waals surface area contributed by atoms with E-state index >= 15 is 0 Å². The van der Waals surface area contributed by atoms with E-state index in [1.165, 1.54) is 0 Å². The van der Waals surface area contributed by atoms with Gasteiger partial charge in [-0.15, -0.1) is 0 Å². The van der Waals surface area contributed by atoms with E-state index in [0.29, 0.717) is 35.7 Å². The van der Waals surface area contributed by atoms with Gasteiger partial charge in [0.2, 0.25) is 6.79 Å². The van der Waals surface area contributed by atoms with Crippen LogP contribution < -0.4 is 20.3 Å². The molecule has 0 aromatic heterocycles. The van der Waals surface area contributed by atoms with Crippen LogP contribution in [0.1, 0.15) is 111 Å². The molecule has 0 saturated heterocycles. The molecule has 2 aromatic carbocycles. The number of hydrogen-bond donors (Lipinski definition) is 2. The van der Waals surface area contributed by atoms with Crippen molar-refractivity contribution in [1.29, 1.82) is 0 Å². The first-order valence-electron chi connectivity index (χ1n) is 15.4. The lowest BCUT2D eigenvalue weighted by atomic mass is 10.1. The molecule has 2 amide bonds. The first kappa shape index (κ1) is 34.1. The fourth-order valence-electron chi connectivity index (χ4n) is 4.38. The quantitative estimate of drug-likeness (QED) is 0.104. The van der Waals surface area contributed by atoms with E-state index in [4.69, 9.17) is 9.47 Å². The predicted molar refractivity (Wildman–Crippen MR) is 166 cm³/mol. The highest BCUT2D eigenvalue weighted by molar-refractivity contribution is 5.97. The molecule has 41 heavy (non-hydrogen) atoms. The van der Waals surface area contributed by atoms with Crippen molar-refractivity contribution >= 4 is 11.8 Å². The van der Waals surface area contributed by atoms with Crippen molar-refractivity contribution in [1.82, 2.24) is 20.9 Å². The molecule has 8 heteroatoms. The number of rotatable bonds is 20. The van der Waals surface area contributed by atoms with Gasteiger partial charge >= 0.3 is 0 Å². The number of para-hydroxylation sites is 2. The second kappa shape index (κ2) is 19.1. The standard InChI is InChI=1S/C33H52N4O4/c1-7-11-21-34-36(23-13-9-3)32(38)28-19-15-17-26(5)30(28)40-25-41-31-27(6)18-16-20-29(31)33(39)37(24-14-10-4)35-22-12-8-2/h15-20,34-35H,7-14,21-25H2,1-6H3. The average Bonchev–Trinajstić information content (AvgIpc) is 2.97. The molecule has 8 nitrogen and oxygen atoms in total. The Bertz CT molecular complexity index is 992. The molecule has 0 fully saturated rings. The van der Waals surface area contributed by atoms with Gasteiger partial charge < -0.3 is 9.47 Å². The van der Waals surface area contributed by atoms with Crippen molar-refractivity contribution in [2.45, 2.75) is 92.9 Å². The van der Waals surface area contributed by atoms with Crippen molar-refractivity contribution in [3.63, 3.8) is 0 Å². The number of nitrogens with zero attached hydrogens (tertiary/aromatic N) is 2. The van der Waals surface area contributed by atoms with Gasteiger partial charge in [0, 0.05) is 26.2 Å². The van der Waals surface area contributed by atoms with Gasteiger partial charge in [-0.2, -0.15) is 0 Å². The van der Waals surface area contributed by atoms with Crippen LogP contribution in [0.25, 0.3) is 0 Å². The third-order valence-corrected chi connectivity index (χ3v) is 6.92. The van der Waals surface area contributed by atoms with Crippen LogP contribution in [0.15, 0.2) is 36.4 Å². The largest absolute Gasteiger partial charge is 0.456 e. The summed E-state index contributed by atoms with van der Waals surface area (Å²) in [6.07, 6.45) is 7.87. The van der Waals surface area contributed by atoms with Gasteiger partial charge in [-0.05, 0) is 62.8 Å². The van der Waals surface area contributed by atoms with Crippen LogP contribution in [0, 0.1) is 13.8 Å². The second-order valence-corrected chi connectivity index (χ2v) is 10.5. The van der Waals surface area contributed by atoms with Gasteiger partial charge in [0.25, 0.3) is 11.8 Å². The maximum Gasteiger partial charge on any atom is 0.271 e. The van der Waals surface area contributed by atoms with Gasteiger partial charge in [0.05, 0.1) is 11.1 Å². The Hall–Kier alpha value is -3.10. The van der Waals surface area contributed by atoms with Gasteiger partial charge in [-0.25, -0.2) is 10.9 Å². The van der Waals surface area contributed by atoms with E-state index in [-0.39, 0.29) is 18.6 Å². The molecule has 0 aliphatic heterocycles. The summed E-state index contributed by atoms with van der Waals surface area (Å²) in [4.78, 5) is 27.2. The topological polar surface area (TPSA) is 83.1 Å². The number of hydrazine groups is 2. The number of carbonyl (C=O) groups is 2. The number of carbonyl (C=O) groups excluding carboxylic acids is 2. The monoisotopic (exact) mass is 568 g/mol. The van der Waals surface area contributed by atoms with Crippen molar-refractivity contribution in [3.8, 4) is 11.5 Å². The fraction of sp³-hybridized carbons (Fsp3) is 0.576. The van der Waals surface area contributed by atoms with Gasteiger partial charge in [-0.1, -0.05) is 77.6 Å². The van der Waals surface area contributed by atoms with Gasteiger partial charge in [-0.3, -0.25) is 19.6 Å². The van der Waals surface area contributed by atoms with E-state index < -0.39 is 0 Å². The average molecular weight is 569 g/mol. The van der Waals surface area contributed by atoms with E-state index in [0.717, 1.165) is 75.6 Å². The number of benzene rings is 2. The molecule has 2 rings (SSSR count). The first-order chi connectivity index (χ1) is 19.9. The molecule has 2 N–H and O–H groups in total. The summed E-state index contributed by atoms with van der Waals surface area (Å²) in [5, 5.41) is 3.41. The zero-order valence-electron chi connectivity index (χ0n) is 26.2. The van der Waals surface area contributed by atoms with Crippen LogP contribution in [0.5, 0.6) is 11.5 Å². The summed E-state index contributed by atoms with van der Waals surface area (Å²) in [6, 6.07) is 11.2. The van der Waals surface area contributed by atoms with E-state index in [2.05, 4.69) is 38.5 Å². The van der Waals surface area contributed by atoms with Crippen LogP contribution in [0.2, 0.25) is 0 Å². The highest BCUT2D eigenvalue weighted by Crippen LogP contribution is 2.28. The van der Waals surface area contributed by atoms with Crippen molar-refractivity contribution in [3.05, 3.63) is 58.7 Å². The Labute approximate surface area is 247 Å². The zero-order chi connectivity index (χ0) is 30.0. The number of aryl methyl sites for hydroxylation is 2. The minimum Gasteiger partial charge on any atom is -0.456 e. The minimum atomic E-state index is -0.132. The number of amides is 2. The van der Waals surface area contributed by atoms with E-state index in [9.17, 15) is 9.59 Å². The first-order valence-corrected chi connectivity index (χ1v) is 15.4. The van der Waals surface area contributed by atoms with Crippen molar-refractivity contribution in [2.24, 2.45) is 0 Å². The summed E-state index contributed by atoms with van der Waals surface area (Å²) in [7, 11) is 0. The minimum absolute atomic E-state index is 0.121. The van der Waals surface area contributed by atoms with Crippen molar-refractivity contribution < 1.29 is 19.1 Å². The summed E-state index contributed by atoms with van der Waals surface area (Å²) < 4.78 is 12.3. The van der Waals surface area contributed by atoms with Gasteiger partial charge in [0.15, 0.2) is 0 Å². The number of ether oxygens (including phenoxy) is 2. The van der Waals surface area contributed by atoms with Crippen LogP contribution in [-0.2, 0) is 0 Å². The summed E-state index contributed by atoms with van der Waals surface area (Å²) >= 11 is 0. The summed E-state index contributed by atoms with van der Waals surface area (Å²) in [5.41, 5.74) is 9.26. The lowest BCUT2D eigenvalue weighted by molar-refractivity contribution is 0.0635. The second-order valence-electron chi connectivity index (χ2n) is 10.5. The lowest BCUT2D eigenvalue weighted by Crippen LogP contribution is -2.44. The Morgan fingerprint density at radius 1 is 0.634 bits per heavy atom. The summed E-state index contributed by atoms with van der Waals surface area (Å²) in [6.45, 7) is 14.9. The number of nitrogens with one attached hydrogen (secondary N) is 2. The maximum atomic E-state index is 13.6. The lowest BCUT2D eigenvalue weighted by Gasteiger charge is -2.26. The fourth-order valence-corrected chi connectivity index (χ4v) is 4.38. The highest BCUT2D eigenvalue weighted by atomic mass is 16.7. The third-order valence-electron chi connectivity index (χ3n) is 6.92. The maximum absolute atomic E-state index is 13.6. The van der Waals surface area contributed by atoms with Crippen LogP contribution in [-0.4, -0.2) is 54.8 Å². The molecule has 0 spiro atoms. The van der Waals surface area contributed by atoms with Crippen LogP contribution in [0.4, 0.5) is 0 Å². The van der Waals surface area contributed by atoms with E-state index in [1.54, 1.807) is 22.2 Å². The SMILES string of the molecule is CCCCNN(CCCC)C(=O)c1cccc(C)c1OCOc1c(C)cccc1C(=O)N(CCCC)NCCCC. The van der Waals surface area contributed by atoms with Crippen LogP contribution in [0.3, 0.4) is 0 Å². The summed E-state index contributed by atoms with van der Waals surface area (Å²) in [5.74, 6) is 0.738. The Morgan fingerprint density at radius 3 is 1.39 bits per heavy atom. The van der Waals surface area contributed by atoms with E-state index in [1.807, 2.05) is 38.1 Å². The molecule has 2 aromatic rings. The highest BCUT2D eigenvalue weighted by Gasteiger charge is 2.23. The Morgan fingerprint density at radius 2 is 1.02 bits per heavy atom. The zero-order valence-corrected chi connectivity index (χ0v) is 26.2. The smallest absolute Gasteiger partial charge is 0.271 e. The molecule has 0 aliphatic carbocycles. The molecule has 0 unspecified atom stereocenters. The third kappa shape index (κ3) is 10.7. The van der Waals surface area contributed by atoms with Gasteiger partial charge in [0.1, 0.15) is 11.5 Å². The Kier molecular flexibility index (Phi) is 15.9. The molecule has 0 saturated carbocycles. The molecule has 0 atom stereocenters. The molecule has 0 heterocycles. The van der Waals surface area contributed by atoms with Crippen molar-refractivity contribution in [2.75, 3.05) is 33.0 Å². The predicted octanol–water partition coefficient (Wildman–Crippen LogP) is 6.81. The molecular formula is C33H52N4O4. The number of unbranched alkanes of at least 4 members (excludes halogenated alkanes) is 4. The molecule has 0 aliphatic rings. The molecule has 0 bridgehead atoms. The number of hydrogen-bond acceptors (Lipinski definition) is 6. The molecule has 228 valence electrons.